The van der Waals surface area contributed by atoms with Gasteiger partial charge in [0.25, 0.3) is 5.89 Å². The maximum absolute atomic E-state index is 11.6. The van der Waals surface area contributed by atoms with E-state index >= 15 is 0 Å². The number of rotatable bonds is 7. The number of ketones is 1. The molecule has 0 aliphatic heterocycles. The fourth-order valence-electron chi connectivity index (χ4n) is 2.92. The number of halogens is 1. The molecule has 29 heavy (non-hydrogen) atoms. The molecule has 2 aromatic heterocycles. The van der Waals surface area contributed by atoms with E-state index in [0.717, 1.165) is 16.7 Å². The lowest BCUT2D eigenvalue weighted by Gasteiger charge is -2.12. The number of benzene rings is 1. The van der Waals surface area contributed by atoms with Gasteiger partial charge in [-0.05, 0) is 51.3 Å². The summed E-state index contributed by atoms with van der Waals surface area (Å²) in [4.78, 5) is 20.4. The second-order valence-corrected chi connectivity index (χ2v) is 7.81. The Hall–Kier alpha value is -2.73. The van der Waals surface area contributed by atoms with E-state index in [-0.39, 0.29) is 17.8 Å². The number of hydrogen-bond donors (Lipinski definition) is 0. The highest BCUT2D eigenvalue weighted by atomic mass is 35.5. The second-order valence-electron chi connectivity index (χ2n) is 7.41. The summed E-state index contributed by atoms with van der Waals surface area (Å²) >= 11 is 6.26. The molecule has 0 amide bonds. The molecular formula is C22H24ClN3O3. The second kappa shape index (κ2) is 8.74. The van der Waals surface area contributed by atoms with E-state index < -0.39 is 0 Å². The van der Waals surface area contributed by atoms with Crippen molar-refractivity contribution in [2.45, 2.75) is 47.1 Å². The van der Waals surface area contributed by atoms with Crippen LogP contribution in [0.3, 0.4) is 0 Å². The van der Waals surface area contributed by atoms with E-state index in [0.29, 0.717) is 34.6 Å². The first-order chi connectivity index (χ1) is 13.8. The summed E-state index contributed by atoms with van der Waals surface area (Å²) in [6.07, 6.45) is 2.25. The van der Waals surface area contributed by atoms with Gasteiger partial charge < -0.3 is 9.26 Å². The summed E-state index contributed by atoms with van der Waals surface area (Å²) in [7, 11) is 0. The molecule has 3 aromatic rings. The summed E-state index contributed by atoms with van der Waals surface area (Å²) in [5, 5.41) is 4.51. The largest absolute Gasteiger partial charge is 0.474 e. The predicted octanol–water partition coefficient (Wildman–Crippen LogP) is 5.32. The molecule has 0 saturated carbocycles. The first kappa shape index (κ1) is 21.0. The lowest BCUT2D eigenvalue weighted by atomic mass is 9.92. The molecule has 7 heteroatoms. The third-order valence-electron chi connectivity index (χ3n) is 4.73. The number of carbonyl (C=O) groups is 1. The number of aromatic nitrogens is 3. The van der Waals surface area contributed by atoms with Gasteiger partial charge in [-0.25, -0.2) is 4.98 Å². The summed E-state index contributed by atoms with van der Waals surface area (Å²) in [5.41, 5.74) is 3.61. The zero-order chi connectivity index (χ0) is 21.1. The molecule has 0 fully saturated rings. The Morgan fingerprint density at radius 2 is 2.03 bits per heavy atom. The third kappa shape index (κ3) is 4.82. The van der Waals surface area contributed by atoms with Crippen molar-refractivity contribution < 1.29 is 14.1 Å². The normalized spacial score (nSPS) is 12.2. The van der Waals surface area contributed by atoms with Crippen molar-refractivity contribution in [1.29, 1.82) is 0 Å². The molecular weight excluding hydrogens is 390 g/mol. The number of ether oxygens (including phenoxy) is 1. The van der Waals surface area contributed by atoms with Crippen molar-refractivity contribution in [1.82, 2.24) is 15.1 Å². The van der Waals surface area contributed by atoms with Crippen LogP contribution in [0.2, 0.25) is 5.02 Å². The van der Waals surface area contributed by atoms with E-state index in [2.05, 4.69) is 15.1 Å². The summed E-state index contributed by atoms with van der Waals surface area (Å²) in [6.45, 7) is 9.37. The fourth-order valence-corrected chi connectivity index (χ4v) is 3.13. The first-order valence-electron chi connectivity index (χ1n) is 9.51. The molecule has 0 unspecified atom stereocenters. The molecule has 152 valence electrons. The summed E-state index contributed by atoms with van der Waals surface area (Å²) in [5.74, 6) is 1.31. The Morgan fingerprint density at radius 3 is 2.69 bits per heavy atom. The predicted molar refractivity (Wildman–Crippen MR) is 112 cm³/mol. The molecule has 3 rings (SSSR count). The van der Waals surface area contributed by atoms with Gasteiger partial charge in [-0.3, -0.25) is 4.79 Å². The van der Waals surface area contributed by atoms with Crippen LogP contribution in [0.1, 0.15) is 38.8 Å². The molecule has 2 heterocycles. The Morgan fingerprint density at radius 1 is 1.28 bits per heavy atom. The van der Waals surface area contributed by atoms with Crippen molar-refractivity contribution in [3.8, 4) is 28.7 Å². The van der Waals surface area contributed by atoms with Gasteiger partial charge in [0.1, 0.15) is 10.8 Å². The molecule has 6 nitrogen and oxygen atoms in total. The molecule has 0 spiro atoms. The zero-order valence-corrected chi connectivity index (χ0v) is 17.9. The number of pyridine rings is 1. The Kier molecular flexibility index (Phi) is 6.33. The molecule has 1 aromatic carbocycles. The summed E-state index contributed by atoms with van der Waals surface area (Å²) in [6, 6.07) is 7.60. The minimum absolute atomic E-state index is 0.0261. The molecule has 0 aliphatic rings. The van der Waals surface area contributed by atoms with E-state index in [4.69, 9.17) is 20.9 Å². The summed E-state index contributed by atoms with van der Waals surface area (Å²) < 4.78 is 11.0. The van der Waals surface area contributed by atoms with Crippen LogP contribution < -0.4 is 4.74 Å². The van der Waals surface area contributed by atoms with E-state index in [1.165, 1.54) is 0 Å². The van der Waals surface area contributed by atoms with Crippen molar-refractivity contribution in [3.05, 3.63) is 46.6 Å². The minimum atomic E-state index is -0.0374. The van der Waals surface area contributed by atoms with Gasteiger partial charge in [0.05, 0.1) is 11.7 Å². The van der Waals surface area contributed by atoms with Crippen molar-refractivity contribution in [2.24, 2.45) is 5.92 Å². The van der Waals surface area contributed by atoms with Crippen LogP contribution in [0, 0.1) is 12.8 Å². The quantitative estimate of drug-likeness (QED) is 0.522. The van der Waals surface area contributed by atoms with Crippen molar-refractivity contribution in [3.63, 3.8) is 0 Å². The van der Waals surface area contributed by atoms with Crippen LogP contribution in [-0.4, -0.2) is 27.0 Å². The molecule has 0 N–H and O–H groups in total. The van der Waals surface area contributed by atoms with Crippen molar-refractivity contribution >= 4 is 17.4 Å². The molecule has 0 saturated heterocycles. The van der Waals surface area contributed by atoms with Gasteiger partial charge in [-0.1, -0.05) is 41.9 Å². The smallest absolute Gasteiger partial charge is 0.259 e. The van der Waals surface area contributed by atoms with Gasteiger partial charge in [-0.2, -0.15) is 4.98 Å². The van der Waals surface area contributed by atoms with Crippen LogP contribution in [0.4, 0.5) is 0 Å². The van der Waals surface area contributed by atoms with E-state index in [1.54, 1.807) is 19.2 Å². The van der Waals surface area contributed by atoms with Gasteiger partial charge in [0, 0.05) is 17.7 Å². The van der Waals surface area contributed by atoms with Gasteiger partial charge in [0.2, 0.25) is 11.7 Å². The number of hydrogen-bond acceptors (Lipinski definition) is 6. The average Bonchev–Trinajstić information content (AvgIpc) is 3.14. The number of nitrogens with zero attached hydrogens (tertiary/aromatic N) is 3. The van der Waals surface area contributed by atoms with Gasteiger partial charge >= 0.3 is 0 Å². The monoisotopic (exact) mass is 413 g/mol. The Labute approximate surface area is 175 Å². The lowest BCUT2D eigenvalue weighted by Crippen LogP contribution is -2.10. The first-order valence-corrected chi connectivity index (χ1v) is 9.89. The minimum Gasteiger partial charge on any atom is -0.474 e. The average molecular weight is 414 g/mol. The topological polar surface area (TPSA) is 78.1 Å². The van der Waals surface area contributed by atoms with Crippen LogP contribution in [0.15, 0.2) is 35.0 Å². The maximum Gasteiger partial charge on any atom is 0.259 e. The Balaban J connectivity index is 1.89. The Bertz CT molecular complexity index is 1030. The molecule has 0 aliphatic carbocycles. The maximum atomic E-state index is 11.6. The molecule has 1 atom stereocenters. The van der Waals surface area contributed by atoms with Crippen LogP contribution in [0.5, 0.6) is 5.88 Å². The SMILES string of the molecule is CC(=O)[C@H](C)Cc1cccc(-c2noc(-c3cnc(OC(C)C)c(Cl)c3)n2)c1C. The van der Waals surface area contributed by atoms with E-state index in [9.17, 15) is 4.79 Å². The standard InChI is InChI=1S/C22H24ClN3O3/c1-12(2)28-22-19(23)10-17(11-24-22)21-25-20(26-29-21)18-8-6-7-16(14(18)4)9-13(3)15(5)27/h6-8,10-13H,9H2,1-5H3/t13-/m1/s1. The third-order valence-corrected chi connectivity index (χ3v) is 5.01. The van der Waals surface area contributed by atoms with Crippen LogP contribution >= 0.6 is 11.6 Å². The fraction of sp³-hybridized carbons (Fsp3) is 0.364. The highest BCUT2D eigenvalue weighted by Crippen LogP contribution is 2.30. The van der Waals surface area contributed by atoms with E-state index in [1.807, 2.05) is 45.9 Å². The highest BCUT2D eigenvalue weighted by molar-refractivity contribution is 6.32. The highest BCUT2D eigenvalue weighted by Gasteiger charge is 2.17. The number of carbonyl (C=O) groups excluding carboxylic acids is 1. The van der Waals surface area contributed by atoms with Crippen LogP contribution in [-0.2, 0) is 11.2 Å². The number of Topliss-reactive ketones (excluding diaryl/α,β-unsaturated/α-hetero) is 1. The van der Waals surface area contributed by atoms with Crippen LogP contribution in [0.25, 0.3) is 22.8 Å². The molecule has 0 bridgehead atoms. The zero-order valence-electron chi connectivity index (χ0n) is 17.2. The van der Waals surface area contributed by atoms with Gasteiger partial charge in [0.15, 0.2) is 0 Å². The lowest BCUT2D eigenvalue weighted by molar-refractivity contribution is -0.120. The molecule has 0 radical (unpaired) electrons. The van der Waals surface area contributed by atoms with Crippen molar-refractivity contribution in [2.75, 3.05) is 0 Å². The van der Waals surface area contributed by atoms with Gasteiger partial charge in [-0.15, -0.1) is 0 Å².